The molecule has 0 atom stereocenters. The van der Waals surface area contributed by atoms with Crippen molar-refractivity contribution >= 4 is 10.2 Å². The molecule has 0 heterocycles. The molecule has 0 N–H and O–H groups in total. The van der Waals surface area contributed by atoms with Crippen LogP contribution in [0.3, 0.4) is 0 Å². The maximum atomic E-state index is 12.8. The Bertz CT molecular complexity index is 1030. The van der Waals surface area contributed by atoms with Gasteiger partial charge in [-0.3, -0.25) is 0 Å². The minimum atomic E-state index is -9.66. The summed E-state index contributed by atoms with van der Waals surface area (Å²) in [4.78, 5) is -1.92. The van der Waals surface area contributed by atoms with Gasteiger partial charge in [-0.2, -0.15) is 0 Å². The molecule has 0 bridgehead atoms. The summed E-state index contributed by atoms with van der Waals surface area (Å²) in [6.07, 6.45) is 7.39. The number of rotatable bonds is 11. The zero-order valence-corrected chi connectivity index (χ0v) is 19.4. The van der Waals surface area contributed by atoms with Crippen molar-refractivity contribution in [3.05, 3.63) is 83.9 Å². The van der Waals surface area contributed by atoms with Gasteiger partial charge in [0.05, 0.1) is 0 Å². The average Bonchev–Trinajstić information content (AvgIpc) is 2.77. The molecule has 0 saturated carbocycles. The molecule has 0 fully saturated rings. The molecule has 3 aromatic carbocycles. The normalized spacial score (nSPS) is 13.9. The Morgan fingerprint density at radius 1 is 0.606 bits per heavy atom. The third kappa shape index (κ3) is 7.77. The first-order chi connectivity index (χ1) is 15.4. The maximum absolute atomic E-state index is 12.8. The minimum Gasteiger partial charge on any atom is -0.489 e. The van der Waals surface area contributed by atoms with Gasteiger partial charge < -0.3 is 4.74 Å². The number of unbranched alkanes of at least 4 members (excludes halogenated alkanes) is 4. The number of aryl methyl sites for hydroxylation is 1. The predicted octanol–water partition coefficient (Wildman–Crippen LogP) is 10.1. The van der Waals surface area contributed by atoms with Gasteiger partial charge in [0.25, 0.3) is 0 Å². The fourth-order valence-electron chi connectivity index (χ4n) is 3.55. The number of benzene rings is 3. The monoisotopic (exact) mass is 484 g/mol. The lowest BCUT2D eigenvalue weighted by molar-refractivity contribution is 0.305. The largest absolute Gasteiger partial charge is 0.489 e. The van der Waals surface area contributed by atoms with Gasteiger partial charge in [0.15, 0.2) is 0 Å². The summed E-state index contributed by atoms with van der Waals surface area (Å²) >= 11 is 0. The topological polar surface area (TPSA) is 9.23 Å². The van der Waals surface area contributed by atoms with Crippen LogP contribution in [0.15, 0.2) is 77.7 Å². The van der Waals surface area contributed by atoms with E-state index in [0.29, 0.717) is 12.1 Å². The molecule has 1 nitrogen and oxygen atoms in total. The van der Waals surface area contributed by atoms with E-state index in [1.54, 1.807) is 0 Å². The first-order valence-electron chi connectivity index (χ1n) is 11.1. The first kappa shape index (κ1) is 25.1. The SMILES string of the molecule is CCCCCCCc1ccc(-c2ccc(COc3ccc(S(F)(F)(F)(F)F)cc3)cc2)cc1. The van der Waals surface area contributed by atoms with E-state index in [-0.39, 0.29) is 12.4 Å². The Morgan fingerprint density at radius 2 is 1.12 bits per heavy atom. The van der Waals surface area contributed by atoms with E-state index in [2.05, 4.69) is 31.2 Å². The predicted molar refractivity (Wildman–Crippen MR) is 127 cm³/mol. The Balaban J connectivity index is 1.53. The Labute approximate surface area is 192 Å². The first-order valence-corrected chi connectivity index (χ1v) is 13.0. The van der Waals surface area contributed by atoms with Crippen LogP contribution in [0, 0.1) is 0 Å². The highest BCUT2D eigenvalue weighted by Crippen LogP contribution is 3.02. The van der Waals surface area contributed by atoms with Crippen molar-refractivity contribution in [2.75, 3.05) is 0 Å². The number of hydrogen-bond donors (Lipinski definition) is 0. The molecule has 3 rings (SSSR count). The highest BCUT2D eigenvalue weighted by molar-refractivity contribution is 8.45. The summed E-state index contributed by atoms with van der Waals surface area (Å²) < 4.78 is 69.4. The van der Waals surface area contributed by atoms with Gasteiger partial charge >= 0.3 is 10.2 Å². The molecule has 0 aliphatic rings. The summed E-state index contributed by atoms with van der Waals surface area (Å²) in [7, 11) is -9.66. The quantitative estimate of drug-likeness (QED) is 0.194. The third-order valence-electron chi connectivity index (χ3n) is 5.48. The lowest BCUT2D eigenvalue weighted by Gasteiger charge is -2.40. The third-order valence-corrected chi connectivity index (χ3v) is 6.65. The summed E-state index contributed by atoms with van der Waals surface area (Å²) in [5.41, 5.74) is 4.30. The van der Waals surface area contributed by atoms with Crippen LogP contribution >= 0.6 is 10.2 Å². The molecule has 7 heteroatoms. The minimum absolute atomic E-state index is 0.0926. The van der Waals surface area contributed by atoms with E-state index >= 15 is 0 Å². The summed E-state index contributed by atoms with van der Waals surface area (Å²) in [5.74, 6) is 0.0926. The van der Waals surface area contributed by atoms with Gasteiger partial charge in [0, 0.05) is 0 Å². The smallest absolute Gasteiger partial charge is 0.310 e. The maximum Gasteiger partial charge on any atom is 0.310 e. The Kier molecular flexibility index (Phi) is 7.13. The van der Waals surface area contributed by atoms with Crippen molar-refractivity contribution in [3.8, 4) is 16.9 Å². The molecule has 0 aliphatic carbocycles. The molecule has 0 saturated heterocycles. The lowest BCUT2D eigenvalue weighted by atomic mass is 10.00. The molecule has 0 aromatic heterocycles. The second-order valence-electron chi connectivity index (χ2n) is 8.29. The number of hydrogen-bond acceptors (Lipinski definition) is 1. The summed E-state index contributed by atoms with van der Waals surface area (Å²) in [6, 6.07) is 18.7. The van der Waals surface area contributed by atoms with Crippen LogP contribution in [-0.2, 0) is 13.0 Å². The van der Waals surface area contributed by atoms with E-state index < -0.39 is 15.1 Å². The lowest BCUT2D eigenvalue weighted by Crippen LogP contribution is -2.05. The molecule has 180 valence electrons. The fraction of sp³-hybridized carbons (Fsp3) is 0.308. The van der Waals surface area contributed by atoms with Crippen molar-refractivity contribution in [2.45, 2.75) is 57.0 Å². The van der Waals surface area contributed by atoms with Gasteiger partial charge in [-0.1, -0.05) is 101 Å². The van der Waals surface area contributed by atoms with Gasteiger partial charge in [0.2, 0.25) is 0 Å². The van der Waals surface area contributed by atoms with Crippen LogP contribution in [-0.4, -0.2) is 0 Å². The standard InChI is InChI=1S/C26H29F5OS/c1-2-3-4-5-6-7-21-8-12-23(13-9-21)24-14-10-22(11-15-24)20-32-25-16-18-26(19-17-25)33(27,28,29,30)31/h8-19H,2-7,20H2,1H3. The fourth-order valence-corrected chi connectivity index (χ4v) is 4.20. The van der Waals surface area contributed by atoms with Crippen molar-refractivity contribution in [2.24, 2.45) is 0 Å². The van der Waals surface area contributed by atoms with E-state index in [0.717, 1.165) is 35.2 Å². The van der Waals surface area contributed by atoms with Gasteiger partial charge in [-0.05, 0) is 59.4 Å². The van der Waals surface area contributed by atoms with Gasteiger partial charge in [0.1, 0.15) is 17.3 Å². The van der Waals surface area contributed by atoms with Crippen LogP contribution in [0.2, 0.25) is 0 Å². The molecule has 0 amide bonds. The molecule has 0 aliphatic heterocycles. The summed E-state index contributed by atoms with van der Waals surface area (Å²) in [5, 5.41) is 0. The summed E-state index contributed by atoms with van der Waals surface area (Å²) in [6.45, 7) is 2.33. The van der Waals surface area contributed by atoms with E-state index in [1.165, 1.54) is 37.7 Å². The number of ether oxygens (including phenoxy) is 1. The molecule has 0 unspecified atom stereocenters. The van der Waals surface area contributed by atoms with Crippen molar-refractivity contribution in [1.82, 2.24) is 0 Å². The van der Waals surface area contributed by atoms with Gasteiger partial charge in [-0.15, -0.1) is 0 Å². The average molecular weight is 485 g/mol. The van der Waals surface area contributed by atoms with E-state index in [4.69, 9.17) is 4.74 Å². The molecule has 3 aromatic rings. The number of halogens is 5. The second kappa shape index (κ2) is 9.37. The van der Waals surface area contributed by atoms with Crippen LogP contribution in [0.1, 0.15) is 50.2 Å². The zero-order valence-electron chi connectivity index (χ0n) is 18.6. The molecule has 0 spiro atoms. The van der Waals surface area contributed by atoms with E-state index in [1.807, 2.05) is 24.3 Å². The Morgan fingerprint density at radius 3 is 1.64 bits per heavy atom. The molecule has 33 heavy (non-hydrogen) atoms. The zero-order chi connectivity index (χ0) is 24.0. The highest BCUT2D eigenvalue weighted by Gasteiger charge is 2.65. The molecular weight excluding hydrogens is 455 g/mol. The van der Waals surface area contributed by atoms with Crippen molar-refractivity contribution in [3.63, 3.8) is 0 Å². The molecular formula is C26H29F5OS. The van der Waals surface area contributed by atoms with Crippen molar-refractivity contribution < 1.29 is 24.2 Å². The highest BCUT2D eigenvalue weighted by atomic mass is 32.5. The second-order valence-corrected chi connectivity index (χ2v) is 10.7. The van der Waals surface area contributed by atoms with Crippen molar-refractivity contribution in [1.29, 1.82) is 0 Å². The van der Waals surface area contributed by atoms with Crippen LogP contribution in [0.5, 0.6) is 5.75 Å². The van der Waals surface area contributed by atoms with Gasteiger partial charge in [-0.25, -0.2) is 0 Å². The van der Waals surface area contributed by atoms with E-state index in [9.17, 15) is 19.4 Å². The van der Waals surface area contributed by atoms with Crippen LogP contribution in [0.25, 0.3) is 11.1 Å². The van der Waals surface area contributed by atoms with Crippen LogP contribution in [0.4, 0.5) is 19.4 Å². The Hall–Kier alpha value is -2.54. The van der Waals surface area contributed by atoms with Crippen LogP contribution < -0.4 is 4.74 Å². The molecule has 0 radical (unpaired) electrons.